The maximum Gasteiger partial charge on any atom is 0.154 e. The zero-order chi connectivity index (χ0) is 10.2. The molecule has 0 aromatic carbocycles. The molecule has 0 aromatic heterocycles. The van der Waals surface area contributed by atoms with Gasteiger partial charge in [-0.3, -0.25) is 9.69 Å². The van der Waals surface area contributed by atoms with E-state index in [0.29, 0.717) is 25.3 Å². The van der Waals surface area contributed by atoms with Gasteiger partial charge in [-0.15, -0.1) is 0 Å². The van der Waals surface area contributed by atoms with E-state index in [9.17, 15) is 13.2 Å². The number of likely N-dealkylation sites (tertiary alicyclic amines) is 1. The predicted octanol–water partition coefficient (Wildman–Crippen LogP) is -0.162. The number of nitrogens with zero attached hydrogens (tertiary/aromatic N) is 1. The van der Waals surface area contributed by atoms with Gasteiger partial charge >= 0.3 is 0 Å². The highest BCUT2D eigenvalue weighted by Crippen LogP contribution is 2.21. The van der Waals surface area contributed by atoms with Gasteiger partial charge in [0.1, 0.15) is 5.78 Å². The van der Waals surface area contributed by atoms with Crippen LogP contribution < -0.4 is 0 Å². The van der Waals surface area contributed by atoms with Crippen molar-refractivity contribution in [1.82, 2.24) is 4.90 Å². The lowest BCUT2D eigenvalue weighted by Crippen LogP contribution is -2.33. The highest BCUT2D eigenvalue weighted by atomic mass is 32.2. The summed E-state index contributed by atoms with van der Waals surface area (Å²) < 4.78 is 23.0. The van der Waals surface area contributed by atoms with Gasteiger partial charge in [-0.05, 0) is 12.8 Å². The summed E-state index contributed by atoms with van der Waals surface area (Å²) in [6.07, 6.45) is 2.15. The van der Waals surface area contributed by atoms with Gasteiger partial charge in [-0.1, -0.05) is 0 Å². The fourth-order valence-electron chi connectivity index (χ4n) is 2.20. The van der Waals surface area contributed by atoms with Crippen LogP contribution in [0, 0.1) is 0 Å². The number of sulfone groups is 1. The molecule has 0 aliphatic carbocycles. The molecular formula is C9H15NO3S. The first kappa shape index (κ1) is 10.1. The number of Topliss-reactive ketones (excluding diaryl/α,β-unsaturated/α-hetero) is 1. The molecule has 2 aliphatic rings. The summed E-state index contributed by atoms with van der Waals surface area (Å²) in [7, 11) is -2.85. The largest absolute Gasteiger partial charge is 0.298 e. The van der Waals surface area contributed by atoms with Gasteiger partial charge in [0.05, 0.1) is 17.5 Å². The topological polar surface area (TPSA) is 54.5 Å². The van der Waals surface area contributed by atoms with E-state index in [1.54, 1.807) is 0 Å². The molecule has 2 saturated heterocycles. The molecule has 0 amide bonds. The van der Waals surface area contributed by atoms with Crippen LogP contribution in [0.1, 0.15) is 19.3 Å². The molecule has 0 saturated carbocycles. The summed E-state index contributed by atoms with van der Waals surface area (Å²) in [6, 6.07) is 0. The van der Waals surface area contributed by atoms with Crippen LogP contribution in [0.2, 0.25) is 0 Å². The van der Waals surface area contributed by atoms with E-state index in [1.807, 2.05) is 4.90 Å². The maximum atomic E-state index is 11.5. The molecule has 14 heavy (non-hydrogen) atoms. The normalized spacial score (nSPS) is 32.6. The number of rotatable bonds is 2. The van der Waals surface area contributed by atoms with Crippen LogP contribution >= 0.6 is 0 Å². The van der Waals surface area contributed by atoms with E-state index in [-0.39, 0.29) is 11.0 Å². The van der Waals surface area contributed by atoms with Crippen LogP contribution in [-0.2, 0) is 14.6 Å². The summed E-state index contributed by atoms with van der Waals surface area (Å²) >= 11 is 0. The second-order valence-corrected chi connectivity index (χ2v) is 6.56. The van der Waals surface area contributed by atoms with Crippen molar-refractivity contribution in [1.29, 1.82) is 0 Å². The minimum atomic E-state index is -2.85. The Labute approximate surface area is 84.2 Å². The number of hydrogen-bond donors (Lipinski definition) is 0. The summed E-state index contributed by atoms with van der Waals surface area (Å²) in [4.78, 5) is 13.0. The molecule has 1 atom stereocenters. The molecule has 2 heterocycles. The van der Waals surface area contributed by atoms with Gasteiger partial charge in [-0.25, -0.2) is 8.42 Å². The van der Waals surface area contributed by atoms with Crippen molar-refractivity contribution >= 4 is 15.6 Å². The molecule has 1 unspecified atom stereocenters. The van der Waals surface area contributed by atoms with Crippen LogP contribution in [0.4, 0.5) is 0 Å². The Morgan fingerprint density at radius 3 is 2.71 bits per heavy atom. The average molecular weight is 217 g/mol. The Hall–Kier alpha value is -0.420. The number of carbonyl (C=O) groups excluding carboxylic acids is 1. The first-order valence-electron chi connectivity index (χ1n) is 5.03. The SMILES string of the molecule is O=C1CCN(CC2CCCS2(=O)=O)C1. The van der Waals surface area contributed by atoms with E-state index in [0.717, 1.165) is 19.4 Å². The summed E-state index contributed by atoms with van der Waals surface area (Å²) in [5.41, 5.74) is 0. The van der Waals surface area contributed by atoms with E-state index < -0.39 is 9.84 Å². The van der Waals surface area contributed by atoms with Crippen LogP contribution in [0.3, 0.4) is 0 Å². The molecule has 80 valence electrons. The number of carbonyl (C=O) groups is 1. The second-order valence-electron chi connectivity index (χ2n) is 4.16. The van der Waals surface area contributed by atoms with Gasteiger partial charge in [0.15, 0.2) is 9.84 Å². The molecule has 0 aromatic rings. The van der Waals surface area contributed by atoms with Crippen molar-refractivity contribution in [3.05, 3.63) is 0 Å². The quantitative estimate of drug-likeness (QED) is 0.645. The van der Waals surface area contributed by atoms with Gasteiger partial charge in [0.2, 0.25) is 0 Å². The molecule has 2 fully saturated rings. The van der Waals surface area contributed by atoms with Crippen LogP contribution in [-0.4, -0.2) is 49.7 Å². The number of ketones is 1. The highest BCUT2D eigenvalue weighted by Gasteiger charge is 2.34. The van der Waals surface area contributed by atoms with E-state index in [4.69, 9.17) is 0 Å². The second kappa shape index (κ2) is 3.62. The fourth-order valence-corrected chi connectivity index (χ4v) is 4.06. The molecule has 4 nitrogen and oxygen atoms in total. The third kappa shape index (κ3) is 1.98. The first-order valence-corrected chi connectivity index (χ1v) is 6.75. The van der Waals surface area contributed by atoms with Crippen molar-refractivity contribution in [3.8, 4) is 0 Å². The lowest BCUT2D eigenvalue weighted by Gasteiger charge is -2.17. The monoisotopic (exact) mass is 217 g/mol. The average Bonchev–Trinajstić information content (AvgIpc) is 2.61. The van der Waals surface area contributed by atoms with Crippen molar-refractivity contribution in [2.75, 3.05) is 25.4 Å². The zero-order valence-electron chi connectivity index (χ0n) is 8.11. The Morgan fingerprint density at radius 1 is 1.43 bits per heavy atom. The molecule has 0 N–H and O–H groups in total. The van der Waals surface area contributed by atoms with Crippen molar-refractivity contribution in [2.24, 2.45) is 0 Å². The van der Waals surface area contributed by atoms with Crippen LogP contribution in [0.15, 0.2) is 0 Å². The third-order valence-electron chi connectivity index (χ3n) is 3.03. The molecular weight excluding hydrogens is 202 g/mol. The Bertz CT molecular complexity index is 336. The van der Waals surface area contributed by atoms with Crippen molar-refractivity contribution < 1.29 is 13.2 Å². The van der Waals surface area contributed by atoms with Gasteiger partial charge < -0.3 is 0 Å². The van der Waals surface area contributed by atoms with Crippen LogP contribution in [0.5, 0.6) is 0 Å². The first-order chi connectivity index (χ1) is 6.58. The highest BCUT2D eigenvalue weighted by molar-refractivity contribution is 7.92. The van der Waals surface area contributed by atoms with E-state index >= 15 is 0 Å². The maximum absolute atomic E-state index is 11.5. The lowest BCUT2D eigenvalue weighted by atomic mass is 10.2. The third-order valence-corrected chi connectivity index (χ3v) is 5.29. The molecule has 0 bridgehead atoms. The van der Waals surface area contributed by atoms with Crippen molar-refractivity contribution in [3.63, 3.8) is 0 Å². The van der Waals surface area contributed by atoms with E-state index in [2.05, 4.69) is 0 Å². The lowest BCUT2D eigenvalue weighted by molar-refractivity contribution is -0.116. The standard InChI is InChI=1S/C9H15NO3S/c11-8-3-4-10(6-8)7-9-2-1-5-14(9,12)13/h9H,1-7H2. The summed E-state index contributed by atoms with van der Waals surface area (Å²) in [6.45, 7) is 1.75. The van der Waals surface area contributed by atoms with Gasteiger partial charge in [-0.2, -0.15) is 0 Å². The van der Waals surface area contributed by atoms with E-state index in [1.165, 1.54) is 0 Å². The molecule has 5 heteroatoms. The Morgan fingerprint density at radius 2 is 2.21 bits per heavy atom. The van der Waals surface area contributed by atoms with Gasteiger partial charge in [0, 0.05) is 19.5 Å². The molecule has 2 aliphatic heterocycles. The minimum Gasteiger partial charge on any atom is -0.298 e. The summed E-state index contributed by atoms with van der Waals surface area (Å²) in [5, 5.41) is -0.214. The fraction of sp³-hybridized carbons (Fsp3) is 0.889. The van der Waals surface area contributed by atoms with Crippen molar-refractivity contribution in [2.45, 2.75) is 24.5 Å². The Kier molecular flexibility index (Phi) is 2.62. The molecule has 0 radical (unpaired) electrons. The summed E-state index contributed by atoms with van der Waals surface area (Å²) in [5.74, 6) is 0.569. The zero-order valence-corrected chi connectivity index (χ0v) is 8.92. The minimum absolute atomic E-state index is 0.214. The number of hydrogen-bond acceptors (Lipinski definition) is 4. The van der Waals surface area contributed by atoms with Gasteiger partial charge in [0.25, 0.3) is 0 Å². The molecule has 0 spiro atoms. The van der Waals surface area contributed by atoms with Crippen LogP contribution in [0.25, 0.3) is 0 Å². The predicted molar refractivity (Wildman–Crippen MR) is 52.9 cm³/mol. The molecule has 2 rings (SSSR count). The Balaban J connectivity index is 1.95. The smallest absolute Gasteiger partial charge is 0.154 e.